The molecule has 2 amide bonds. The average Bonchev–Trinajstić information content (AvgIpc) is 3.00. The van der Waals surface area contributed by atoms with E-state index in [9.17, 15) is 9.59 Å². The van der Waals surface area contributed by atoms with Crippen LogP contribution in [0.2, 0.25) is 0 Å². The van der Waals surface area contributed by atoms with Crippen LogP contribution in [-0.2, 0) is 16.0 Å². The molecule has 0 atom stereocenters. The van der Waals surface area contributed by atoms with E-state index < -0.39 is 0 Å². The summed E-state index contributed by atoms with van der Waals surface area (Å²) in [6, 6.07) is 3.80. The molecule has 0 radical (unpaired) electrons. The van der Waals surface area contributed by atoms with Crippen LogP contribution in [0.3, 0.4) is 0 Å². The van der Waals surface area contributed by atoms with Gasteiger partial charge in [0.2, 0.25) is 16.9 Å². The Kier molecular flexibility index (Phi) is 4.91. The Labute approximate surface area is 122 Å². The summed E-state index contributed by atoms with van der Waals surface area (Å²) in [7, 11) is 0. The van der Waals surface area contributed by atoms with Crippen molar-refractivity contribution in [2.24, 2.45) is 5.10 Å². The van der Waals surface area contributed by atoms with Crippen LogP contribution in [-0.4, -0.2) is 28.2 Å². The van der Waals surface area contributed by atoms with Crippen molar-refractivity contribution in [1.82, 2.24) is 15.6 Å². The maximum atomic E-state index is 11.6. The van der Waals surface area contributed by atoms with Crippen LogP contribution in [0.25, 0.3) is 0 Å². The first kappa shape index (κ1) is 14.3. The van der Waals surface area contributed by atoms with E-state index in [0.717, 1.165) is 16.2 Å². The molecule has 2 rings (SSSR count). The van der Waals surface area contributed by atoms with Gasteiger partial charge in [0.25, 0.3) is 0 Å². The monoisotopic (exact) mass is 309 g/mol. The van der Waals surface area contributed by atoms with Gasteiger partial charge in [-0.15, -0.1) is 21.5 Å². The number of hydrogen-bond donors (Lipinski definition) is 2. The third kappa shape index (κ3) is 4.52. The van der Waals surface area contributed by atoms with Crippen molar-refractivity contribution in [3.05, 3.63) is 27.4 Å². The van der Waals surface area contributed by atoms with Gasteiger partial charge in [-0.2, -0.15) is 5.10 Å². The van der Waals surface area contributed by atoms with Gasteiger partial charge in [-0.05, 0) is 11.4 Å². The van der Waals surface area contributed by atoms with Gasteiger partial charge < -0.3 is 5.32 Å². The first-order chi connectivity index (χ1) is 9.63. The summed E-state index contributed by atoms with van der Waals surface area (Å²) in [5.41, 5.74) is 2.41. The van der Waals surface area contributed by atoms with E-state index in [-0.39, 0.29) is 18.2 Å². The molecular formula is C11H11N5O2S2. The zero-order valence-electron chi connectivity index (χ0n) is 10.5. The molecule has 0 bridgehead atoms. The van der Waals surface area contributed by atoms with E-state index in [1.807, 2.05) is 17.5 Å². The Bertz CT molecular complexity index is 621. The summed E-state index contributed by atoms with van der Waals surface area (Å²) < 4.78 is 0. The Hall–Kier alpha value is -2.13. The van der Waals surface area contributed by atoms with Crippen molar-refractivity contribution in [3.63, 3.8) is 0 Å². The number of hydrogen-bond acceptors (Lipinski definition) is 7. The molecule has 2 aromatic rings. The Morgan fingerprint density at radius 1 is 1.45 bits per heavy atom. The quantitative estimate of drug-likeness (QED) is 0.641. The maximum Gasteiger partial charge on any atom is 0.247 e. The number of hydrazone groups is 1. The van der Waals surface area contributed by atoms with Gasteiger partial charge in [-0.3, -0.25) is 9.59 Å². The van der Waals surface area contributed by atoms with Crippen LogP contribution in [0.15, 0.2) is 22.6 Å². The van der Waals surface area contributed by atoms with Crippen LogP contribution in [0.5, 0.6) is 0 Å². The summed E-state index contributed by atoms with van der Waals surface area (Å²) in [5, 5.41) is 16.7. The lowest BCUT2D eigenvalue weighted by Gasteiger charge is -1.95. The van der Waals surface area contributed by atoms with Crippen molar-refractivity contribution in [1.29, 1.82) is 0 Å². The molecule has 2 heterocycles. The highest BCUT2D eigenvalue weighted by molar-refractivity contribution is 7.15. The van der Waals surface area contributed by atoms with Gasteiger partial charge in [-0.25, -0.2) is 5.43 Å². The molecule has 104 valence electrons. The van der Waals surface area contributed by atoms with Gasteiger partial charge in [0.05, 0.1) is 12.6 Å². The first-order valence-electron chi connectivity index (χ1n) is 5.59. The summed E-state index contributed by atoms with van der Waals surface area (Å²) in [5.74, 6) is -0.513. The smallest absolute Gasteiger partial charge is 0.247 e. The number of amides is 2. The van der Waals surface area contributed by atoms with E-state index in [1.54, 1.807) is 6.21 Å². The number of nitrogens with one attached hydrogen (secondary N) is 2. The predicted octanol–water partition coefficient (Wildman–Crippen LogP) is 1.25. The number of anilines is 1. The fourth-order valence-electron chi connectivity index (χ4n) is 1.24. The lowest BCUT2D eigenvalue weighted by molar-refractivity contribution is -0.120. The molecule has 0 fully saturated rings. The molecule has 0 saturated carbocycles. The highest BCUT2D eigenvalue weighted by Gasteiger charge is 2.09. The van der Waals surface area contributed by atoms with Crippen LogP contribution < -0.4 is 10.7 Å². The van der Waals surface area contributed by atoms with Crippen molar-refractivity contribution >= 4 is 45.8 Å². The van der Waals surface area contributed by atoms with Crippen LogP contribution in [0, 0.1) is 0 Å². The van der Waals surface area contributed by atoms with E-state index in [2.05, 4.69) is 26.0 Å². The van der Waals surface area contributed by atoms with Crippen molar-refractivity contribution < 1.29 is 9.59 Å². The zero-order valence-corrected chi connectivity index (χ0v) is 12.1. The molecule has 9 heteroatoms. The van der Waals surface area contributed by atoms with E-state index in [1.165, 1.54) is 18.3 Å². The standard InChI is InChI=1S/C11H11N5O2S2/c1-7(17)13-11-16-15-10(20-11)5-9(18)14-12-6-8-3-2-4-19-8/h2-4,6H,5H2,1H3,(H,14,18)(H,13,16,17)/b12-6-. The third-order valence-corrected chi connectivity index (χ3v) is 3.63. The fraction of sp³-hybridized carbons (Fsp3) is 0.182. The van der Waals surface area contributed by atoms with Crippen molar-refractivity contribution in [2.45, 2.75) is 13.3 Å². The first-order valence-corrected chi connectivity index (χ1v) is 7.28. The molecule has 0 aromatic carbocycles. The summed E-state index contributed by atoms with van der Waals surface area (Å²) in [6.45, 7) is 1.38. The predicted molar refractivity (Wildman–Crippen MR) is 78.0 cm³/mol. The van der Waals surface area contributed by atoms with Gasteiger partial charge in [0.1, 0.15) is 5.01 Å². The van der Waals surface area contributed by atoms with E-state index >= 15 is 0 Å². The second-order valence-corrected chi connectivity index (χ2v) is 5.71. The highest BCUT2D eigenvalue weighted by atomic mass is 32.1. The number of rotatable bonds is 5. The second-order valence-electron chi connectivity index (χ2n) is 3.67. The number of carbonyl (C=O) groups excluding carboxylic acids is 2. The molecule has 2 aromatic heterocycles. The Balaban J connectivity index is 1.82. The molecule has 0 aliphatic heterocycles. The topological polar surface area (TPSA) is 96.3 Å². The molecule has 0 aliphatic rings. The van der Waals surface area contributed by atoms with Crippen molar-refractivity contribution in [3.8, 4) is 0 Å². The third-order valence-electron chi connectivity index (χ3n) is 1.99. The molecule has 20 heavy (non-hydrogen) atoms. The lowest BCUT2D eigenvalue weighted by atomic mass is 10.4. The fourth-order valence-corrected chi connectivity index (χ4v) is 2.61. The van der Waals surface area contributed by atoms with Gasteiger partial charge in [0.15, 0.2) is 0 Å². The van der Waals surface area contributed by atoms with Crippen LogP contribution in [0.1, 0.15) is 16.8 Å². The zero-order chi connectivity index (χ0) is 14.4. The number of thiophene rings is 1. The molecule has 0 unspecified atom stereocenters. The summed E-state index contributed by atoms with van der Waals surface area (Å²) in [6.07, 6.45) is 1.64. The maximum absolute atomic E-state index is 11.6. The summed E-state index contributed by atoms with van der Waals surface area (Å²) >= 11 is 2.68. The molecule has 0 aliphatic carbocycles. The Morgan fingerprint density at radius 3 is 3.00 bits per heavy atom. The SMILES string of the molecule is CC(=O)Nc1nnc(CC(=O)N/N=C\c2cccs2)s1. The molecule has 2 N–H and O–H groups in total. The van der Waals surface area contributed by atoms with Crippen LogP contribution in [0.4, 0.5) is 5.13 Å². The van der Waals surface area contributed by atoms with Gasteiger partial charge in [-0.1, -0.05) is 17.4 Å². The van der Waals surface area contributed by atoms with Crippen LogP contribution >= 0.6 is 22.7 Å². The number of aromatic nitrogens is 2. The minimum absolute atomic E-state index is 0.0685. The van der Waals surface area contributed by atoms with Crippen molar-refractivity contribution in [2.75, 3.05) is 5.32 Å². The Morgan fingerprint density at radius 2 is 2.30 bits per heavy atom. The molecular weight excluding hydrogens is 298 g/mol. The molecule has 0 saturated heterocycles. The largest absolute Gasteiger partial charge is 0.301 e. The number of nitrogens with zero attached hydrogens (tertiary/aromatic N) is 3. The van der Waals surface area contributed by atoms with Gasteiger partial charge >= 0.3 is 0 Å². The highest BCUT2D eigenvalue weighted by Crippen LogP contribution is 2.15. The van der Waals surface area contributed by atoms with E-state index in [0.29, 0.717) is 10.1 Å². The van der Waals surface area contributed by atoms with Gasteiger partial charge in [0, 0.05) is 11.8 Å². The normalized spacial score (nSPS) is 10.7. The minimum atomic E-state index is -0.289. The summed E-state index contributed by atoms with van der Waals surface area (Å²) in [4.78, 5) is 23.4. The minimum Gasteiger partial charge on any atom is -0.301 e. The second kappa shape index (κ2) is 6.87. The average molecular weight is 309 g/mol. The number of carbonyl (C=O) groups is 2. The lowest BCUT2D eigenvalue weighted by Crippen LogP contribution is -2.19. The molecule has 0 spiro atoms. The van der Waals surface area contributed by atoms with E-state index in [4.69, 9.17) is 0 Å². The molecule has 7 nitrogen and oxygen atoms in total.